The van der Waals surface area contributed by atoms with Gasteiger partial charge in [0.25, 0.3) is 0 Å². The molecular weight excluding hydrogens is 466 g/mol. The van der Waals surface area contributed by atoms with E-state index in [1.165, 1.54) is 0 Å². The minimum atomic E-state index is -0.594. The predicted octanol–water partition coefficient (Wildman–Crippen LogP) is 4.99. The molecule has 6 nitrogen and oxygen atoms in total. The fraction of sp³-hybridized carbons (Fsp3) is 0.290. The summed E-state index contributed by atoms with van der Waals surface area (Å²) in [6.45, 7) is 1.18. The Kier molecular flexibility index (Phi) is 5.10. The standard InChI is InChI=1S/C31H27NO5/c33-25-13-12-23-24-17-22-11-14-26(35-18-20-7-3-1-4-8-20)28-27(22)31(23,29(25)37-28)15-16-32(24)30(34)36-19-21-9-5-2-6-10-21/h1-14,23-24,29H,15-19H2/t23-,24+,29+,31-/m0/s1. The topological polar surface area (TPSA) is 65.1 Å². The lowest BCUT2D eigenvalue weighted by Crippen LogP contribution is -2.65. The van der Waals surface area contributed by atoms with Crippen LogP contribution in [-0.2, 0) is 34.6 Å². The number of ether oxygens (including phenoxy) is 3. The third kappa shape index (κ3) is 3.39. The van der Waals surface area contributed by atoms with Crippen molar-refractivity contribution >= 4 is 11.9 Å². The van der Waals surface area contributed by atoms with Gasteiger partial charge in [-0.15, -0.1) is 0 Å². The molecule has 2 bridgehead atoms. The molecule has 2 aliphatic heterocycles. The molecule has 3 aromatic rings. The second-order valence-electron chi connectivity index (χ2n) is 10.3. The minimum absolute atomic E-state index is 0.0202. The summed E-state index contributed by atoms with van der Waals surface area (Å²) in [5.41, 5.74) is 3.76. The quantitative estimate of drug-likeness (QED) is 0.501. The number of ketones is 1. The van der Waals surface area contributed by atoms with E-state index in [2.05, 4.69) is 6.07 Å². The maximum Gasteiger partial charge on any atom is 0.410 e. The molecule has 37 heavy (non-hydrogen) atoms. The average molecular weight is 494 g/mol. The van der Waals surface area contributed by atoms with Gasteiger partial charge >= 0.3 is 6.09 Å². The van der Waals surface area contributed by atoms with Crippen LogP contribution in [0, 0.1) is 5.92 Å². The second kappa shape index (κ2) is 8.51. The Labute approximate surface area is 215 Å². The second-order valence-corrected chi connectivity index (χ2v) is 10.3. The SMILES string of the molecule is O=C1C=C[C@H]2[C@H]3Cc4ccc(OCc5ccccc5)c5c4[C@@]2(CCN3C(=O)OCc2ccccc2)[C@@H]1O5. The Morgan fingerprint density at radius 1 is 0.973 bits per heavy atom. The van der Waals surface area contributed by atoms with Gasteiger partial charge in [0.2, 0.25) is 0 Å². The molecule has 0 radical (unpaired) electrons. The number of piperidine rings is 1. The van der Waals surface area contributed by atoms with E-state index in [-0.39, 0.29) is 30.4 Å². The van der Waals surface area contributed by atoms with Crippen molar-refractivity contribution < 1.29 is 23.8 Å². The van der Waals surface area contributed by atoms with Crippen LogP contribution < -0.4 is 9.47 Å². The average Bonchev–Trinajstić information content (AvgIpc) is 3.29. The number of carbonyl (C=O) groups excluding carboxylic acids is 2. The van der Waals surface area contributed by atoms with E-state index in [9.17, 15) is 9.59 Å². The molecule has 186 valence electrons. The van der Waals surface area contributed by atoms with Crippen LogP contribution in [0.25, 0.3) is 0 Å². The van der Waals surface area contributed by atoms with E-state index < -0.39 is 11.5 Å². The minimum Gasteiger partial charge on any atom is -0.485 e. The summed E-state index contributed by atoms with van der Waals surface area (Å²) >= 11 is 0. The zero-order valence-electron chi connectivity index (χ0n) is 20.3. The van der Waals surface area contributed by atoms with E-state index in [0.29, 0.717) is 37.5 Å². The van der Waals surface area contributed by atoms with Crippen LogP contribution in [0.1, 0.15) is 28.7 Å². The molecule has 1 saturated heterocycles. The number of hydrogen-bond donors (Lipinski definition) is 0. The molecule has 0 N–H and O–H groups in total. The Morgan fingerprint density at radius 2 is 1.70 bits per heavy atom. The first-order chi connectivity index (χ1) is 18.1. The summed E-state index contributed by atoms with van der Waals surface area (Å²) in [6, 6.07) is 23.6. The van der Waals surface area contributed by atoms with Gasteiger partial charge in [-0.3, -0.25) is 4.79 Å². The molecule has 1 amide bonds. The van der Waals surface area contributed by atoms with Crippen molar-refractivity contribution in [2.75, 3.05) is 6.54 Å². The van der Waals surface area contributed by atoms with Gasteiger partial charge < -0.3 is 19.1 Å². The number of carbonyl (C=O) groups is 2. The highest BCUT2D eigenvalue weighted by Gasteiger charge is 2.65. The zero-order valence-corrected chi connectivity index (χ0v) is 20.3. The van der Waals surface area contributed by atoms with Crippen LogP contribution in [-0.4, -0.2) is 35.5 Å². The normalized spacial score (nSPS) is 26.3. The largest absolute Gasteiger partial charge is 0.485 e. The monoisotopic (exact) mass is 493 g/mol. The van der Waals surface area contributed by atoms with Gasteiger partial charge in [-0.1, -0.05) is 72.8 Å². The lowest BCUT2D eigenvalue weighted by Gasteiger charge is -2.55. The molecule has 4 atom stereocenters. The van der Waals surface area contributed by atoms with E-state index >= 15 is 0 Å². The van der Waals surface area contributed by atoms with Crippen LogP contribution in [0.15, 0.2) is 84.9 Å². The van der Waals surface area contributed by atoms with Gasteiger partial charge in [-0.05, 0) is 41.7 Å². The molecule has 1 spiro atoms. The molecule has 0 unspecified atom stereocenters. The first kappa shape index (κ1) is 22.2. The molecule has 1 fully saturated rings. The lowest BCUT2D eigenvalue weighted by atomic mass is 9.53. The van der Waals surface area contributed by atoms with E-state index in [1.54, 1.807) is 6.08 Å². The van der Waals surface area contributed by atoms with Crippen LogP contribution in [0.3, 0.4) is 0 Å². The number of benzene rings is 3. The molecule has 2 aliphatic carbocycles. The fourth-order valence-corrected chi connectivity index (χ4v) is 6.77. The Hall–Kier alpha value is -4.06. The van der Waals surface area contributed by atoms with Crippen LogP contribution >= 0.6 is 0 Å². The van der Waals surface area contributed by atoms with Crippen LogP contribution in [0.2, 0.25) is 0 Å². The van der Waals surface area contributed by atoms with Gasteiger partial charge in [0, 0.05) is 24.1 Å². The molecule has 2 heterocycles. The van der Waals surface area contributed by atoms with Gasteiger partial charge in [-0.25, -0.2) is 4.79 Å². The van der Waals surface area contributed by atoms with Crippen LogP contribution in [0.5, 0.6) is 11.5 Å². The van der Waals surface area contributed by atoms with Gasteiger partial charge in [0.1, 0.15) is 13.2 Å². The molecular formula is C31H27NO5. The highest BCUT2D eigenvalue weighted by atomic mass is 16.6. The number of likely N-dealkylation sites (tertiary alicyclic amines) is 1. The first-order valence-electron chi connectivity index (χ1n) is 12.8. The summed E-state index contributed by atoms with van der Waals surface area (Å²) in [6.07, 6.45) is 4.05. The first-order valence-corrected chi connectivity index (χ1v) is 12.8. The molecule has 4 aliphatic rings. The van der Waals surface area contributed by atoms with Crippen molar-refractivity contribution in [3.8, 4) is 11.5 Å². The third-order valence-corrected chi connectivity index (χ3v) is 8.39. The number of amides is 1. The lowest BCUT2D eigenvalue weighted by molar-refractivity contribution is -0.127. The maximum atomic E-state index is 13.2. The van der Waals surface area contributed by atoms with Crippen molar-refractivity contribution in [2.45, 2.75) is 43.6 Å². The number of hydrogen-bond acceptors (Lipinski definition) is 5. The van der Waals surface area contributed by atoms with Crippen LogP contribution in [0.4, 0.5) is 4.79 Å². The molecule has 6 heteroatoms. The molecule has 0 aromatic heterocycles. The van der Waals surface area contributed by atoms with E-state index in [4.69, 9.17) is 14.2 Å². The van der Waals surface area contributed by atoms with Crippen molar-refractivity contribution in [3.63, 3.8) is 0 Å². The number of rotatable bonds is 5. The summed E-state index contributed by atoms with van der Waals surface area (Å²) in [5, 5.41) is 0. The summed E-state index contributed by atoms with van der Waals surface area (Å²) in [7, 11) is 0. The van der Waals surface area contributed by atoms with Crippen molar-refractivity contribution in [1.29, 1.82) is 0 Å². The molecule has 3 aromatic carbocycles. The van der Waals surface area contributed by atoms with Gasteiger partial charge in [0.05, 0.1) is 5.41 Å². The summed E-state index contributed by atoms with van der Waals surface area (Å²) in [5.74, 6) is 1.32. The maximum absolute atomic E-state index is 13.2. The van der Waals surface area contributed by atoms with Crippen molar-refractivity contribution in [2.24, 2.45) is 5.92 Å². The Morgan fingerprint density at radius 3 is 2.46 bits per heavy atom. The fourth-order valence-electron chi connectivity index (χ4n) is 6.77. The highest BCUT2D eigenvalue weighted by Crippen LogP contribution is 2.62. The third-order valence-electron chi connectivity index (χ3n) is 8.39. The van der Waals surface area contributed by atoms with E-state index in [0.717, 1.165) is 22.3 Å². The number of nitrogens with zero attached hydrogens (tertiary/aromatic N) is 1. The smallest absolute Gasteiger partial charge is 0.410 e. The summed E-state index contributed by atoms with van der Waals surface area (Å²) in [4.78, 5) is 28.2. The Bertz CT molecular complexity index is 1400. The summed E-state index contributed by atoms with van der Waals surface area (Å²) < 4.78 is 18.4. The van der Waals surface area contributed by atoms with E-state index in [1.807, 2.05) is 77.7 Å². The van der Waals surface area contributed by atoms with Crippen molar-refractivity contribution in [1.82, 2.24) is 4.90 Å². The zero-order chi connectivity index (χ0) is 25.0. The molecule has 0 saturated carbocycles. The Balaban J connectivity index is 1.21. The predicted molar refractivity (Wildman–Crippen MR) is 136 cm³/mol. The van der Waals surface area contributed by atoms with Crippen molar-refractivity contribution in [3.05, 3.63) is 107 Å². The molecule has 7 rings (SSSR count). The van der Waals surface area contributed by atoms with Gasteiger partial charge in [-0.2, -0.15) is 0 Å². The van der Waals surface area contributed by atoms with Gasteiger partial charge in [0.15, 0.2) is 23.4 Å². The highest BCUT2D eigenvalue weighted by molar-refractivity contribution is 5.98.